The molecule has 0 aromatic heterocycles. The van der Waals surface area contributed by atoms with Crippen LogP contribution in [0, 0.1) is 0 Å². The Morgan fingerprint density at radius 3 is 2.75 bits per heavy atom. The van der Waals surface area contributed by atoms with Gasteiger partial charge in [0.25, 0.3) is 0 Å². The average Bonchev–Trinajstić information content (AvgIpc) is 2.23. The molecule has 1 atom stereocenters. The van der Waals surface area contributed by atoms with Crippen molar-refractivity contribution in [3.8, 4) is 0 Å². The molecule has 3 heteroatoms. The van der Waals surface area contributed by atoms with Crippen LogP contribution in [0.1, 0.15) is 18.9 Å². The van der Waals surface area contributed by atoms with Crippen LogP contribution in [0.3, 0.4) is 0 Å². The third kappa shape index (κ3) is 5.64. The summed E-state index contributed by atoms with van der Waals surface area (Å²) in [6.45, 7) is 4.22. The van der Waals surface area contributed by atoms with Gasteiger partial charge in [-0.1, -0.05) is 28.1 Å². The van der Waals surface area contributed by atoms with E-state index < -0.39 is 0 Å². The first-order chi connectivity index (χ1) is 7.58. The molecule has 0 aliphatic rings. The van der Waals surface area contributed by atoms with E-state index in [1.807, 2.05) is 0 Å². The van der Waals surface area contributed by atoms with Crippen molar-refractivity contribution in [2.75, 3.05) is 20.1 Å². The van der Waals surface area contributed by atoms with Gasteiger partial charge in [-0.25, -0.2) is 0 Å². The first-order valence-corrected chi connectivity index (χ1v) is 6.56. The second-order valence-electron chi connectivity index (χ2n) is 4.45. The number of rotatable bonds is 6. The molecular formula is C13H21BrN2. The number of hydrogen-bond acceptors (Lipinski definition) is 2. The van der Waals surface area contributed by atoms with Gasteiger partial charge in [0.05, 0.1) is 0 Å². The van der Waals surface area contributed by atoms with Crippen LogP contribution in [0.25, 0.3) is 0 Å². The van der Waals surface area contributed by atoms with Crippen LogP contribution in [0.4, 0.5) is 0 Å². The average molecular weight is 285 g/mol. The summed E-state index contributed by atoms with van der Waals surface area (Å²) in [5.74, 6) is 0. The molecule has 90 valence electrons. The fourth-order valence-electron chi connectivity index (χ4n) is 1.55. The van der Waals surface area contributed by atoms with Gasteiger partial charge in [-0.15, -0.1) is 0 Å². The highest BCUT2D eigenvalue weighted by molar-refractivity contribution is 9.10. The Labute approximate surface area is 107 Å². The summed E-state index contributed by atoms with van der Waals surface area (Å²) >= 11 is 3.49. The van der Waals surface area contributed by atoms with Crippen molar-refractivity contribution < 1.29 is 0 Å². The third-order valence-electron chi connectivity index (χ3n) is 2.64. The summed E-state index contributed by atoms with van der Waals surface area (Å²) in [5.41, 5.74) is 7.11. The molecule has 0 radical (unpaired) electrons. The topological polar surface area (TPSA) is 29.3 Å². The van der Waals surface area contributed by atoms with E-state index in [0.717, 1.165) is 30.4 Å². The summed E-state index contributed by atoms with van der Waals surface area (Å²) < 4.78 is 1.16. The third-order valence-corrected chi connectivity index (χ3v) is 3.13. The van der Waals surface area contributed by atoms with E-state index in [4.69, 9.17) is 5.73 Å². The number of benzene rings is 1. The lowest BCUT2D eigenvalue weighted by molar-refractivity contribution is 0.324. The minimum absolute atomic E-state index is 0.299. The Hall–Kier alpha value is -0.380. The molecule has 0 bridgehead atoms. The molecular weight excluding hydrogens is 264 g/mol. The number of likely N-dealkylation sites (N-methyl/N-ethyl adjacent to an activating group) is 1. The molecule has 0 heterocycles. The van der Waals surface area contributed by atoms with E-state index >= 15 is 0 Å². The van der Waals surface area contributed by atoms with Crippen LogP contribution in [-0.2, 0) is 6.42 Å². The molecule has 0 spiro atoms. The van der Waals surface area contributed by atoms with Gasteiger partial charge in [0.2, 0.25) is 0 Å². The van der Waals surface area contributed by atoms with Crippen molar-refractivity contribution in [1.29, 1.82) is 0 Å². The van der Waals surface area contributed by atoms with Crippen LogP contribution < -0.4 is 5.73 Å². The second-order valence-corrected chi connectivity index (χ2v) is 5.36. The van der Waals surface area contributed by atoms with Crippen molar-refractivity contribution in [3.63, 3.8) is 0 Å². The van der Waals surface area contributed by atoms with Crippen molar-refractivity contribution in [3.05, 3.63) is 34.3 Å². The lowest BCUT2D eigenvalue weighted by atomic mass is 10.1. The maximum atomic E-state index is 5.73. The zero-order valence-corrected chi connectivity index (χ0v) is 11.7. The van der Waals surface area contributed by atoms with Gasteiger partial charge in [0.15, 0.2) is 0 Å². The Morgan fingerprint density at radius 1 is 1.38 bits per heavy atom. The molecule has 16 heavy (non-hydrogen) atoms. The number of nitrogens with two attached hydrogens (primary N) is 1. The van der Waals surface area contributed by atoms with Crippen molar-refractivity contribution in [1.82, 2.24) is 4.90 Å². The summed E-state index contributed by atoms with van der Waals surface area (Å²) in [6, 6.07) is 8.79. The van der Waals surface area contributed by atoms with Gasteiger partial charge >= 0.3 is 0 Å². The maximum absolute atomic E-state index is 5.73. The second kappa shape index (κ2) is 7.05. The molecule has 1 rings (SSSR count). The van der Waals surface area contributed by atoms with Gasteiger partial charge in [0, 0.05) is 17.1 Å². The molecule has 0 saturated heterocycles. The van der Waals surface area contributed by atoms with Crippen LogP contribution in [0.5, 0.6) is 0 Å². The van der Waals surface area contributed by atoms with Gasteiger partial charge in [-0.2, -0.15) is 0 Å². The van der Waals surface area contributed by atoms with E-state index in [1.54, 1.807) is 0 Å². The highest BCUT2D eigenvalue weighted by Gasteiger charge is 2.01. The van der Waals surface area contributed by atoms with E-state index in [9.17, 15) is 0 Å². The quantitative estimate of drug-likeness (QED) is 0.870. The van der Waals surface area contributed by atoms with E-state index in [0.29, 0.717) is 6.04 Å². The zero-order valence-electron chi connectivity index (χ0n) is 10.1. The number of nitrogens with zero attached hydrogens (tertiary/aromatic N) is 1. The minimum Gasteiger partial charge on any atom is -0.328 e. The molecule has 2 N–H and O–H groups in total. The first kappa shape index (κ1) is 13.7. The first-order valence-electron chi connectivity index (χ1n) is 5.76. The normalized spacial score (nSPS) is 13.1. The van der Waals surface area contributed by atoms with Crippen LogP contribution in [0.2, 0.25) is 0 Å². The number of hydrogen-bond donors (Lipinski definition) is 1. The van der Waals surface area contributed by atoms with Gasteiger partial charge in [-0.05, 0) is 51.1 Å². The Balaban J connectivity index is 2.28. The van der Waals surface area contributed by atoms with Crippen molar-refractivity contribution >= 4 is 15.9 Å². The van der Waals surface area contributed by atoms with E-state index in [2.05, 4.69) is 59.1 Å². The molecule has 0 fully saturated rings. The highest BCUT2D eigenvalue weighted by Crippen LogP contribution is 2.12. The fraction of sp³-hybridized carbons (Fsp3) is 0.538. The summed E-state index contributed by atoms with van der Waals surface area (Å²) in [4.78, 5) is 2.34. The maximum Gasteiger partial charge on any atom is 0.0178 e. The number of halogens is 1. The van der Waals surface area contributed by atoms with E-state index in [1.165, 1.54) is 5.56 Å². The molecule has 0 saturated carbocycles. The molecule has 0 aliphatic heterocycles. The molecule has 0 aliphatic carbocycles. The summed E-state index contributed by atoms with van der Waals surface area (Å²) in [7, 11) is 2.15. The van der Waals surface area contributed by atoms with Crippen molar-refractivity contribution in [2.24, 2.45) is 5.73 Å². The minimum atomic E-state index is 0.299. The molecule has 2 nitrogen and oxygen atoms in total. The largest absolute Gasteiger partial charge is 0.328 e. The lowest BCUT2D eigenvalue weighted by Gasteiger charge is -2.17. The van der Waals surface area contributed by atoms with Crippen molar-refractivity contribution in [2.45, 2.75) is 25.8 Å². The van der Waals surface area contributed by atoms with Crippen LogP contribution in [-0.4, -0.2) is 31.1 Å². The van der Waals surface area contributed by atoms with Gasteiger partial charge in [0.1, 0.15) is 0 Å². The highest BCUT2D eigenvalue weighted by atomic mass is 79.9. The molecule has 1 aromatic rings. The smallest absolute Gasteiger partial charge is 0.0178 e. The van der Waals surface area contributed by atoms with Gasteiger partial charge in [-0.3, -0.25) is 0 Å². The summed E-state index contributed by atoms with van der Waals surface area (Å²) in [5, 5.41) is 0. The summed E-state index contributed by atoms with van der Waals surface area (Å²) in [6.07, 6.45) is 2.16. The lowest BCUT2D eigenvalue weighted by Crippen LogP contribution is -2.27. The Kier molecular flexibility index (Phi) is 6.03. The monoisotopic (exact) mass is 284 g/mol. The molecule has 1 aromatic carbocycles. The van der Waals surface area contributed by atoms with Crippen LogP contribution in [0.15, 0.2) is 28.7 Å². The molecule has 1 unspecified atom stereocenters. The Morgan fingerprint density at radius 2 is 2.12 bits per heavy atom. The predicted molar refractivity (Wildman–Crippen MR) is 73.6 cm³/mol. The standard InChI is InChI=1S/C13H21BrN2/c1-11(15)6-8-16(2)9-7-12-4-3-5-13(14)10-12/h3-5,10-11H,6-9,15H2,1-2H3. The van der Waals surface area contributed by atoms with Crippen LogP contribution >= 0.6 is 15.9 Å². The molecule has 0 amide bonds. The Bertz CT molecular complexity index is 313. The zero-order chi connectivity index (χ0) is 12.0. The fourth-order valence-corrected chi connectivity index (χ4v) is 1.99. The van der Waals surface area contributed by atoms with E-state index in [-0.39, 0.29) is 0 Å². The predicted octanol–water partition coefficient (Wildman–Crippen LogP) is 2.66. The SMILES string of the molecule is CC(N)CCN(C)CCc1cccc(Br)c1. The van der Waals surface area contributed by atoms with Gasteiger partial charge < -0.3 is 10.6 Å².